The molecule has 1 aliphatic rings. The normalized spacial score (nSPS) is 14.7. The molecule has 1 fully saturated rings. The molecular weight excluding hydrogens is 394 g/mol. The number of para-hydroxylation sites is 1. The lowest BCUT2D eigenvalue weighted by Gasteiger charge is -2.15. The molecule has 0 radical (unpaired) electrons. The van der Waals surface area contributed by atoms with Crippen molar-refractivity contribution in [3.63, 3.8) is 0 Å². The number of carboxylic acids is 1. The third-order valence-electron chi connectivity index (χ3n) is 5.44. The van der Waals surface area contributed by atoms with Crippen molar-refractivity contribution in [2.75, 3.05) is 5.32 Å². The maximum absolute atomic E-state index is 11.3. The van der Waals surface area contributed by atoms with E-state index in [-0.39, 0.29) is 0 Å². The average Bonchev–Trinajstić information content (AvgIpc) is 3.59. The highest BCUT2D eigenvalue weighted by molar-refractivity contribution is 8.00. The number of fused-ring (bicyclic) bond motifs is 2. The molecule has 1 aromatic heterocycles. The molecule has 2 N–H and O–H groups in total. The van der Waals surface area contributed by atoms with E-state index in [0.29, 0.717) is 16.9 Å². The molecule has 1 unspecified atom stereocenters. The van der Waals surface area contributed by atoms with Gasteiger partial charge in [0.05, 0.1) is 5.52 Å². The van der Waals surface area contributed by atoms with E-state index >= 15 is 0 Å². The van der Waals surface area contributed by atoms with Crippen LogP contribution in [0.3, 0.4) is 0 Å². The van der Waals surface area contributed by atoms with Crippen molar-refractivity contribution in [1.82, 2.24) is 9.97 Å². The largest absolute Gasteiger partial charge is 0.480 e. The summed E-state index contributed by atoms with van der Waals surface area (Å²) >= 11 is 1.15. The summed E-state index contributed by atoms with van der Waals surface area (Å²) < 4.78 is 0. The van der Waals surface area contributed by atoms with Gasteiger partial charge in [-0.05, 0) is 54.8 Å². The van der Waals surface area contributed by atoms with Crippen LogP contribution < -0.4 is 5.32 Å². The number of hydrogen-bond acceptors (Lipinski definition) is 5. The molecule has 5 nitrogen and oxygen atoms in total. The van der Waals surface area contributed by atoms with Gasteiger partial charge in [0.25, 0.3) is 0 Å². The summed E-state index contributed by atoms with van der Waals surface area (Å²) in [6.45, 7) is 1.64. The lowest BCUT2D eigenvalue weighted by Crippen LogP contribution is -2.12. The molecule has 1 heterocycles. The summed E-state index contributed by atoms with van der Waals surface area (Å²) in [6.07, 6.45) is 2.52. The number of nitrogens with zero attached hydrogens (tertiary/aromatic N) is 2. The zero-order valence-corrected chi connectivity index (χ0v) is 17.3. The molecule has 4 aromatic rings. The van der Waals surface area contributed by atoms with Crippen LogP contribution in [-0.2, 0) is 4.79 Å². The van der Waals surface area contributed by atoms with Gasteiger partial charge in [-0.15, -0.1) is 0 Å². The second-order valence-corrected chi connectivity index (χ2v) is 8.93. The summed E-state index contributed by atoms with van der Waals surface area (Å²) in [7, 11) is 0. The van der Waals surface area contributed by atoms with Crippen LogP contribution in [0.2, 0.25) is 0 Å². The van der Waals surface area contributed by atoms with Gasteiger partial charge in [-0.25, -0.2) is 9.97 Å². The minimum atomic E-state index is -0.882. The van der Waals surface area contributed by atoms with Crippen LogP contribution in [0.15, 0.2) is 65.8 Å². The first-order valence-electron chi connectivity index (χ1n) is 10.0. The zero-order valence-electron chi connectivity index (χ0n) is 16.5. The molecule has 30 heavy (non-hydrogen) atoms. The Labute approximate surface area is 178 Å². The number of hydrogen-bond donors (Lipinski definition) is 2. The SMILES string of the molecule is CC(Sc1nc(Nc2ccc(C3CC3)c3ccccc23)c2ccccc2n1)C(=O)O. The van der Waals surface area contributed by atoms with Gasteiger partial charge in [-0.3, -0.25) is 4.79 Å². The van der Waals surface area contributed by atoms with Gasteiger partial charge in [0.15, 0.2) is 5.16 Å². The molecule has 0 spiro atoms. The Morgan fingerprint density at radius 3 is 2.43 bits per heavy atom. The smallest absolute Gasteiger partial charge is 0.316 e. The molecular formula is C24H21N3O2S. The van der Waals surface area contributed by atoms with Crippen molar-refractivity contribution in [1.29, 1.82) is 0 Å². The first-order chi connectivity index (χ1) is 14.6. The standard InChI is InChI=1S/C24H21N3O2S/c1-14(23(28)29)30-24-26-20-9-5-4-8-19(20)22(27-24)25-21-13-12-16(15-10-11-15)17-6-2-3-7-18(17)21/h2-9,12-15H,10-11H2,1H3,(H,28,29)(H,25,26,27). The minimum absolute atomic E-state index is 0.449. The van der Waals surface area contributed by atoms with Crippen LogP contribution in [0.4, 0.5) is 11.5 Å². The lowest BCUT2D eigenvalue weighted by molar-refractivity contribution is -0.136. The molecule has 0 saturated heterocycles. The Balaban J connectivity index is 1.60. The van der Waals surface area contributed by atoms with Gasteiger partial charge in [0, 0.05) is 16.5 Å². The van der Waals surface area contributed by atoms with Crippen molar-refractivity contribution in [3.05, 3.63) is 66.2 Å². The highest BCUT2D eigenvalue weighted by atomic mass is 32.2. The number of rotatable bonds is 6. The summed E-state index contributed by atoms with van der Waals surface area (Å²) in [5.41, 5.74) is 3.19. The highest BCUT2D eigenvalue weighted by Crippen LogP contribution is 2.44. The maximum atomic E-state index is 11.3. The van der Waals surface area contributed by atoms with Gasteiger partial charge in [-0.1, -0.05) is 54.2 Å². The molecule has 6 heteroatoms. The average molecular weight is 416 g/mol. The second-order valence-electron chi connectivity index (χ2n) is 7.62. The fourth-order valence-electron chi connectivity index (χ4n) is 3.72. The third kappa shape index (κ3) is 3.59. The van der Waals surface area contributed by atoms with E-state index < -0.39 is 11.2 Å². The van der Waals surface area contributed by atoms with Gasteiger partial charge in [0.1, 0.15) is 11.1 Å². The van der Waals surface area contributed by atoms with Gasteiger partial charge in [0.2, 0.25) is 0 Å². The van der Waals surface area contributed by atoms with Crippen LogP contribution in [0.25, 0.3) is 21.7 Å². The van der Waals surface area contributed by atoms with E-state index in [1.54, 1.807) is 6.92 Å². The van der Waals surface area contributed by atoms with E-state index in [0.717, 1.165) is 33.7 Å². The molecule has 1 atom stereocenters. The van der Waals surface area contributed by atoms with Gasteiger partial charge in [-0.2, -0.15) is 0 Å². The number of carbonyl (C=O) groups is 1. The number of aliphatic carboxylic acids is 1. The van der Waals surface area contributed by atoms with Crippen molar-refractivity contribution >= 4 is 50.9 Å². The molecule has 0 aliphatic heterocycles. The molecule has 5 rings (SSSR count). The molecule has 0 amide bonds. The quantitative estimate of drug-likeness (QED) is 0.298. The Kier molecular flexibility index (Phi) is 4.79. The maximum Gasteiger partial charge on any atom is 0.316 e. The van der Waals surface area contributed by atoms with E-state index in [1.165, 1.54) is 23.8 Å². The topological polar surface area (TPSA) is 75.1 Å². The summed E-state index contributed by atoms with van der Waals surface area (Å²) in [6, 6.07) is 20.6. The van der Waals surface area contributed by atoms with Crippen molar-refractivity contribution in [2.45, 2.75) is 36.1 Å². The van der Waals surface area contributed by atoms with E-state index in [2.05, 4.69) is 51.7 Å². The number of anilines is 2. The number of carboxylic acid groups (broad SMARTS) is 1. The number of aromatic nitrogens is 2. The highest BCUT2D eigenvalue weighted by Gasteiger charge is 2.25. The molecule has 1 saturated carbocycles. The Morgan fingerprint density at radius 2 is 1.70 bits per heavy atom. The van der Waals surface area contributed by atoms with Crippen LogP contribution in [0.5, 0.6) is 0 Å². The zero-order chi connectivity index (χ0) is 20.7. The van der Waals surface area contributed by atoms with Crippen molar-refractivity contribution < 1.29 is 9.90 Å². The Morgan fingerprint density at radius 1 is 1.00 bits per heavy atom. The van der Waals surface area contributed by atoms with Crippen LogP contribution >= 0.6 is 11.8 Å². The Hall–Kier alpha value is -3.12. The monoisotopic (exact) mass is 415 g/mol. The van der Waals surface area contributed by atoms with Gasteiger partial charge >= 0.3 is 5.97 Å². The predicted octanol–water partition coefficient (Wildman–Crippen LogP) is 5.97. The fourth-order valence-corrected chi connectivity index (χ4v) is 4.43. The van der Waals surface area contributed by atoms with E-state index in [1.807, 2.05) is 24.3 Å². The number of nitrogens with one attached hydrogen (secondary N) is 1. The molecule has 3 aromatic carbocycles. The van der Waals surface area contributed by atoms with Crippen molar-refractivity contribution in [2.24, 2.45) is 0 Å². The first kappa shape index (κ1) is 18.9. The Bertz CT molecular complexity index is 1270. The summed E-state index contributed by atoms with van der Waals surface area (Å²) in [5, 5.41) is 15.9. The van der Waals surface area contributed by atoms with Crippen LogP contribution in [-0.4, -0.2) is 26.3 Å². The fraction of sp³-hybridized carbons (Fsp3) is 0.208. The van der Waals surface area contributed by atoms with E-state index in [4.69, 9.17) is 0 Å². The summed E-state index contributed by atoms with van der Waals surface area (Å²) in [4.78, 5) is 20.5. The lowest BCUT2D eigenvalue weighted by atomic mass is 9.99. The third-order valence-corrected chi connectivity index (χ3v) is 6.39. The minimum Gasteiger partial charge on any atom is -0.480 e. The van der Waals surface area contributed by atoms with Crippen LogP contribution in [0.1, 0.15) is 31.2 Å². The van der Waals surface area contributed by atoms with Gasteiger partial charge < -0.3 is 10.4 Å². The van der Waals surface area contributed by atoms with E-state index in [9.17, 15) is 9.90 Å². The molecule has 150 valence electrons. The van der Waals surface area contributed by atoms with Crippen LogP contribution in [0, 0.1) is 0 Å². The molecule has 1 aliphatic carbocycles. The number of thioether (sulfide) groups is 1. The predicted molar refractivity (Wildman–Crippen MR) is 122 cm³/mol. The second kappa shape index (κ2) is 7.61. The molecule has 0 bridgehead atoms. The number of benzene rings is 3. The first-order valence-corrected chi connectivity index (χ1v) is 10.9. The van der Waals surface area contributed by atoms with Crippen molar-refractivity contribution in [3.8, 4) is 0 Å². The summed E-state index contributed by atoms with van der Waals surface area (Å²) in [5.74, 6) is 0.474.